The van der Waals surface area contributed by atoms with Crippen molar-refractivity contribution in [3.05, 3.63) is 42.6 Å². The molecule has 0 aliphatic carbocycles. The molecule has 1 N–H and O–H groups in total. The number of hydrogen-bond donors (Lipinski definition) is 1. The van der Waals surface area contributed by atoms with Crippen molar-refractivity contribution < 1.29 is 4.79 Å². The van der Waals surface area contributed by atoms with Gasteiger partial charge in [0.05, 0.1) is 21.2 Å². The van der Waals surface area contributed by atoms with Crippen molar-refractivity contribution in [2.45, 2.75) is 45.8 Å². The van der Waals surface area contributed by atoms with Crippen molar-refractivity contribution in [1.82, 2.24) is 14.5 Å². The first-order chi connectivity index (χ1) is 13.6. The molecule has 0 bridgehead atoms. The molecule has 0 saturated heterocycles. The van der Waals surface area contributed by atoms with Gasteiger partial charge in [0.25, 0.3) is 5.56 Å². The number of pyridine rings is 1. The second kappa shape index (κ2) is 8.63. The van der Waals surface area contributed by atoms with Crippen LogP contribution in [0.2, 0.25) is 10.0 Å². The Morgan fingerprint density at radius 3 is 2.62 bits per heavy atom. The summed E-state index contributed by atoms with van der Waals surface area (Å²) >= 11 is 14.9. The second-order valence-corrected chi connectivity index (χ2v) is 9.79. The topological polar surface area (TPSA) is 76.9 Å². The highest BCUT2D eigenvalue weighted by atomic mass is 35.5. The summed E-state index contributed by atoms with van der Waals surface area (Å²) in [5, 5.41) is 4.59. The lowest BCUT2D eigenvalue weighted by molar-refractivity contribution is -0.113. The molecule has 6 nitrogen and oxygen atoms in total. The largest absolute Gasteiger partial charge is 0.309 e. The monoisotopic (exact) mass is 470 g/mol. The summed E-state index contributed by atoms with van der Waals surface area (Å²) in [7, 11) is 0. The van der Waals surface area contributed by atoms with Gasteiger partial charge in [0, 0.05) is 17.1 Å². The van der Waals surface area contributed by atoms with Crippen LogP contribution in [0.15, 0.2) is 16.1 Å². The number of halogens is 2. The molecule has 0 saturated carbocycles. The number of amides is 1. The van der Waals surface area contributed by atoms with Gasteiger partial charge in [-0.2, -0.15) is 0 Å². The van der Waals surface area contributed by atoms with E-state index in [2.05, 4.69) is 15.3 Å². The van der Waals surface area contributed by atoms with Gasteiger partial charge < -0.3 is 5.32 Å². The molecule has 3 aromatic heterocycles. The summed E-state index contributed by atoms with van der Waals surface area (Å²) in [5.74, 6) is 0.0240. The number of hydrogen-bond acceptors (Lipinski definition) is 6. The predicted molar refractivity (Wildman–Crippen MR) is 122 cm³/mol. The minimum absolute atomic E-state index is 0.0632. The van der Waals surface area contributed by atoms with Crippen LogP contribution >= 0.6 is 46.3 Å². The Morgan fingerprint density at radius 1 is 1.28 bits per heavy atom. The van der Waals surface area contributed by atoms with Crippen LogP contribution in [-0.2, 0) is 4.79 Å². The number of rotatable bonds is 5. The van der Waals surface area contributed by atoms with Gasteiger partial charge in [0.15, 0.2) is 11.0 Å². The summed E-state index contributed by atoms with van der Waals surface area (Å²) in [4.78, 5) is 36.0. The lowest BCUT2D eigenvalue weighted by Gasteiger charge is -2.15. The average Bonchev–Trinajstić information content (AvgIpc) is 2.94. The maximum atomic E-state index is 13.1. The number of nitrogens with one attached hydrogen (secondary N) is 1. The Balaban J connectivity index is 1.87. The molecular formula is C19H20Cl2N4O2S2. The molecule has 0 aliphatic rings. The van der Waals surface area contributed by atoms with Gasteiger partial charge in [-0.05, 0) is 45.7 Å². The standard InChI is InChI=1S/C19H20Cl2N4O2S2/c1-8(2)25-18(27)14-9(3)11(5)29-17(14)24-19(25)28-7-13(26)23-16-15(21)10(4)12(20)6-22-16/h6,8H,7H2,1-5H3,(H,22,23,26). The lowest BCUT2D eigenvalue weighted by Crippen LogP contribution is -2.25. The Kier molecular flexibility index (Phi) is 6.57. The van der Waals surface area contributed by atoms with E-state index in [1.165, 1.54) is 29.3 Å². The van der Waals surface area contributed by atoms with Crippen molar-refractivity contribution in [2.24, 2.45) is 0 Å². The molecule has 0 radical (unpaired) electrons. The van der Waals surface area contributed by atoms with Crippen molar-refractivity contribution in [1.29, 1.82) is 0 Å². The molecule has 0 aromatic carbocycles. The average molecular weight is 471 g/mol. The van der Waals surface area contributed by atoms with Gasteiger partial charge in [0.2, 0.25) is 5.91 Å². The van der Waals surface area contributed by atoms with E-state index in [1.54, 1.807) is 11.5 Å². The molecule has 3 aromatic rings. The highest BCUT2D eigenvalue weighted by Gasteiger charge is 2.19. The zero-order valence-corrected chi connectivity index (χ0v) is 19.7. The third-order valence-corrected chi connectivity index (χ3v) is 7.41. The van der Waals surface area contributed by atoms with E-state index in [9.17, 15) is 9.59 Å². The van der Waals surface area contributed by atoms with Gasteiger partial charge in [-0.25, -0.2) is 9.97 Å². The summed E-state index contributed by atoms with van der Waals surface area (Å²) in [6.07, 6.45) is 1.44. The number of nitrogens with zero attached hydrogens (tertiary/aromatic N) is 3. The van der Waals surface area contributed by atoms with E-state index in [4.69, 9.17) is 23.2 Å². The van der Waals surface area contributed by atoms with E-state index in [0.717, 1.165) is 10.4 Å². The predicted octanol–water partition coefficient (Wildman–Crippen LogP) is 5.40. The lowest BCUT2D eigenvalue weighted by atomic mass is 10.2. The SMILES string of the molecule is Cc1sc2nc(SCC(=O)Nc3ncc(Cl)c(C)c3Cl)n(C(C)C)c(=O)c2c1C. The van der Waals surface area contributed by atoms with Crippen molar-refractivity contribution in [2.75, 3.05) is 11.1 Å². The zero-order valence-electron chi connectivity index (χ0n) is 16.6. The molecule has 0 aliphatic heterocycles. The Morgan fingerprint density at radius 2 is 1.97 bits per heavy atom. The third kappa shape index (κ3) is 4.30. The van der Waals surface area contributed by atoms with E-state index in [0.29, 0.717) is 31.0 Å². The molecule has 3 rings (SSSR count). The van der Waals surface area contributed by atoms with Crippen LogP contribution < -0.4 is 10.9 Å². The number of aryl methyl sites for hydroxylation is 2. The van der Waals surface area contributed by atoms with Gasteiger partial charge in [-0.15, -0.1) is 11.3 Å². The first-order valence-corrected chi connectivity index (χ1v) is 11.4. The second-order valence-electron chi connectivity index (χ2n) is 6.86. The fourth-order valence-electron chi connectivity index (χ4n) is 2.79. The minimum atomic E-state index is -0.297. The molecule has 3 heterocycles. The molecule has 10 heteroatoms. The van der Waals surface area contributed by atoms with Crippen molar-refractivity contribution in [3.8, 4) is 0 Å². The number of aromatic nitrogens is 3. The molecule has 0 unspecified atom stereocenters. The van der Waals surface area contributed by atoms with E-state index < -0.39 is 0 Å². The first-order valence-electron chi connectivity index (χ1n) is 8.87. The number of anilines is 1. The fourth-order valence-corrected chi connectivity index (χ4v) is 5.18. The number of fused-ring (bicyclic) bond motifs is 1. The van der Waals surface area contributed by atoms with Crippen molar-refractivity contribution in [3.63, 3.8) is 0 Å². The molecule has 0 fully saturated rings. The first kappa shape index (κ1) is 22.1. The third-order valence-electron chi connectivity index (χ3n) is 4.51. The van der Waals surface area contributed by atoms with Crippen LogP contribution in [0.4, 0.5) is 5.82 Å². The van der Waals surface area contributed by atoms with Crippen LogP contribution in [0.3, 0.4) is 0 Å². The van der Waals surface area contributed by atoms with Crippen molar-refractivity contribution >= 4 is 68.2 Å². The van der Waals surface area contributed by atoms with E-state index in [-0.39, 0.29) is 29.1 Å². The van der Waals surface area contributed by atoms with Crippen LogP contribution in [-0.4, -0.2) is 26.2 Å². The number of thioether (sulfide) groups is 1. The van der Waals surface area contributed by atoms with E-state index >= 15 is 0 Å². The van der Waals surface area contributed by atoms with Gasteiger partial charge in [-0.1, -0.05) is 35.0 Å². The molecular weight excluding hydrogens is 451 g/mol. The summed E-state index contributed by atoms with van der Waals surface area (Å²) in [6.45, 7) is 9.52. The maximum Gasteiger partial charge on any atom is 0.263 e. The summed E-state index contributed by atoms with van der Waals surface area (Å²) in [5.41, 5.74) is 1.54. The highest BCUT2D eigenvalue weighted by Crippen LogP contribution is 2.30. The molecule has 29 heavy (non-hydrogen) atoms. The van der Waals surface area contributed by atoms with Gasteiger partial charge in [0.1, 0.15) is 4.83 Å². The van der Waals surface area contributed by atoms with E-state index in [1.807, 2.05) is 27.7 Å². The summed E-state index contributed by atoms with van der Waals surface area (Å²) in [6, 6.07) is -0.0837. The number of carbonyl (C=O) groups is 1. The fraction of sp³-hybridized carbons (Fsp3) is 0.368. The Labute approximate surface area is 186 Å². The maximum absolute atomic E-state index is 13.1. The smallest absolute Gasteiger partial charge is 0.263 e. The van der Waals surface area contributed by atoms with Crippen LogP contribution in [0, 0.1) is 20.8 Å². The number of carbonyl (C=O) groups excluding carboxylic acids is 1. The van der Waals surface area contributed by atoms with Crippen LogP contribution in [0.5, 0.6) is 0 Å². The number of thiophene rings is 1. The van der Waals surface area contributed by atoms with Crippen LogP contribution in [0.1, 0.15) is 35.9 Å². The molecule has 0 atom stereocenters. The van der Waals surface area contributed by atoms with Gasteiger partial charge >= 0.3 is 0 Å². The normalized spacial score (nSPS) is 11.4. The molecule has 154 valence electrons. The zero-order chi connectivity index (χ0) is 21.5. The minimum Gasteiger partial charge on any atom is -0.309 e. The molecule has 0 spiro atoms. The summed E-state index contributed by atoms with van der Waals surface area (Å²) < 4.78 is 1.64. The highest BCUT2D eigenvalue weighted by molar-refractivity contribution is 7.99. The Bertz CT molecular complexity index is 1170. The van der Waals surface area contributed by atoms with Gasteiger partial charge in [-0.3, -0.25) is 14.2 Å². The molecule has 1 amide bonds. The van der Waals surface area contributed by atoms with Crippen LogP contribution in [0.25, 0.3) is 10.2 Å². The quantitative estimate of drug-likeness (QED) is 0.399. The Hall–Kier alpha value is -1.61.